The average Bonchev–Trinajstić information content (AvgIpc) is 1.87. The minimum Gasteiger partial charge on any atom is -0.532 e. The van der Waals surface area contributed by atoms with Crippen LogP contribution in [0.2, 0.25) is 0 Å². The molecule has 1 amide bonds. The molecule has 0 aromatic rings. The Balaban J connectivity index is -0.000000114. The first kappa shape index (κ1) is 17.6. The van der Waals surface area contributed by atoms with Crippen molar-refractivity contribution in [2.24, 2.45) is 0 Å². The average molecular weight is 236 g/mol. The van der Waals surface area contributed by atoms with E-state index in [0.717, 1.165) is 0 Å². The molecule has 0 aliphatic carbocycles. The van der Waals surface area contributed by atoms with Crippen molar-refractivity contribution in [3.63, 3.8) is 0 Å². The molecule has 65 valence electrons. The molecule has 4 heteroatoms. The number of hydrogen-bond acceptors (Lipinski definition) is 1. The van der Waals surface area contributed by atoms with Crippen molar-refractivity contribution in [3.8, 4) is 0 Å². The summed E-state index contributed by atoms with van der Waals surface area (Å²) >= 11 is 0. The summed E-state index contributed by atoms with van der Waals surface area (Å²) in [6.45, 7) is 6.41. The van der Waals surface area contributed by atoms with Crippen molar-refractivity contribution in [2.75, 3.05) is 7.05 Å². The minimum absolute atomic E-state index is 0. The number of nitrogens with one attached hydrogen (secondary N) is 1. The van der Waals surface area contributed by atoms with Gasteiger partial charge in [0.1, 0.15) is 0 Å². The maximum absolute atomic E-state index is 12.1. The molecule has 0 rings (SSSR count). The molecular formula is C7H14FNOY-2. The first-order valence-electron chi connectivity index (χ1n) is 3.00. The topological polar surface area (TPSA) is 29.1 Å². The summed E-state index contributed by atoms with van der Waals surface area (Å²) in [5.74, 6) is 0. The van der Waals surface area contributed by atoms with Crippen LogP contribution < -0.4 is 5.32 Å². The zero-order chi connectivity index (χ0) is 8.62. The van der Waals surface area contributed by atoms with Crippen LogP contribution in [0.1, 0.15) is 20.3 Å². The fourth-order valence-corrected chi connectivity index (χ4v) is 0. The number of hydrogen-bond donors (Lipinski definition) is 1. The summed E-state index contributed by atoms with van der Waals surface area (Å²) in [7, 11) is 1.51. The van der Waals surface area contributed by atoms with E-state index in [1.54, 1.807) is 0 Å². The molecule has 0 aromatic heterocycles. The molecule has 1 radical (unpaired) electrons. The fraction of sp³-hybridized carbons (Fsp3) is 0.714. The molecule has 0 bridgehead atoms. The molecule has 0 saturated heterocycles. The molecule has 0 unspecified atom stereocenters. The zero-order valence-electron chi connectivity index (χ0n) is 7.28. The molecule has 0 spiro atoms. The van der Waals surface area contributed by atoms with Gasteiger partial charge in [-0.15, -0.1) is 6.42 Å². The van der Waals surface area contributed by atoms with Crippen molar-refractivity contribution in [2.45, 2.75) is 25.9 Å². The van der Waals surface area contributed by atoms with E-state index in [0.29, 0.717) is 6.42 Å². The summed E-state index contributed by atoms with van der Waals surface area (Å²) < 4.78 is 12.1. The molecular weight excluding hydrogens is 222 g/mol. The Morgan fingerprint density at radius 2 is 1.82 bits per heavy atom. The Kier molecular flexibility index (Phi) is 16.8. The molecule has 1 N–H and O–H groups in total. The zero-order valence-corrected chi connectivity index (χ0v) is 10.1. The molecule has 0 heterocycles. The van der Waals surface area contributed by atoms with Crippen LogP contribution in [0.15, 0.2) is 0 Å². The molecule has 0 saturated carbocycles. The van der Waals surface area contributed by atoms with E-state index in [2.05, 4.69) is 12.2 Å². The quantitative estimate of drug-likeness (QED) is 0.567. The van der Waals surface area contributed by atoms with Crippen LogP contribution in [0.4, 0.5) is 4.39 Å². The van der Waals surface area contributed by atoms with Gasteiger partial charge in [0.25, 0.3) is 0 Å². The molecule has 0 aliphatic rings. The second-order valence-electron chi connectivity index (χ2n) is 2.32. The van der Waals surface area contributed by atoms with Gasteiger partial charge < -0.3 is 17.0 Å². The monoisotopic (exact) mass is 236 g/mol. The van der Waals surface area contributed by atoms with Gasteiger partial charge in [0.05, 0.1) is 5.67 Å². The van der Waals surface area contributed by atoms with Crippen molar-refractivity contribution in [1.29, 1.82) is 0 Å². The first-order valence-corrected chi connectivity index (χ1v) is 3.00. The summed E-state index contributed by atoms with van der Waals surface area (Å²) in [5, 5.41) is 2.12. The Bertz CT molecular complexity index is 83.0. The fourth-order valence-electron chi connectivity index (χ4n) is 0. The van der Waals surface area contributed by atoms with Gasteiger partial charge in [0.2, 0.25) is 0 Å². The van der Waals surface area contributed by atoms with Crippen LogP contribution in [-0.4, -0.2) is 19.1 Å². The van der Waals surface area contributed by atoms with Crippen LogP contribution in [0, 0.1) is 6.92 Å². The van der Waals surface area contributed by atoms with E-state index >= 15 is 0 Å². The standard InChI is InChI=1S/C5H10F.C2H4NO.Y/c1-4-5(2,3)6;1-3-2-4;/h1,4H2,2-3H3;1H3,(H,3,4);/q2*-1;. The van der Waals surface area contributed by atoms with E-state index in [1.807, 2.05) is 0 Å². The number of alkyl halides is 1. The second-order valence-corrected chi connectivity index (χ2v) is 2.32. The van der Waals surface area contributed by atoms with Crippen molar-refractivity contribution in [1.82, 2.24) is 5.32 Å². The van der Waals surface area contributed by atoms with Crippen LogP contribution in [0.5, 0.6) is 0 Å². The first-order chi connectivity index (χ1) is 4.47. The van der Waals surface area contributed by atoms with E-state index in [9.17, 15) is 4.39 Å². The molecule has 0 aliphatic heterocycles. The van der Waals surface area contributed by atoms with Gasteiger partial charge in [0, 0.05) is 32.7 Å². The summed E-state index contributed by atoms with van der Waals surface area (Å²) in [6.07, 6.45) is 1.78. The van der Waals surface area contributed by atoms with Gasteiger partial charge in [-0.05, 0) is 20.9 Å². The van der Waals surface area contributed by atoms with E-state index in [4.69, 9.17) is 4.79 Å². The minimum atomic E-state index is -1.07. The number of carbonyl (C=O) groups excluding carboxylic acids is 1. The molecule has 0 atom stereocenters. The van der Waals surface area contributed by atoms with Gasteiger partial charge in [-0.3, -0.25) is 0 Å². The second kappa shape index (κ2) is 10.5. The van der Waals surface area contributed by atoms with Crippen molar-refractivity contribution in [3.05, 3.63) is 6.92 Å². The predicted octanol–water partition coefficient (Wildman–Crippen LogP) is 1.23. The maximum Gasteiger partial charge on any atom is 0.0783 e. The summed E-state index contributed by atoms with van der Waals surface area (Å²) in [4.78, 5) is 8.94. The van der Waals surface area contributed by atoms with Crippen molar-refractivity contribution >= 4 is 6.41 Å². The van der Waals surface area contributed by atoms with E-state index < -0.39 is 5.67 Å². The molecule has 2 nitrogen and oxygen atoms in total. The normalized spacial score (nSPS) is 8.45. The third kappa shape index (κ3) is 37.4. The number of rotatable bonds is 2. The Morgan fingerprint density at radius 1 is 1.64 bits per heavy atom. The van der Waals surface area contributed by atoms with Crippen molar-refractivity contribution < 1.29 is 41.9 Å². The SMILES string of the molecule is CN[C-]=O.[CH2-]CC(C)(C)F.[Y]. The molecule has 0 fully saturated rings. The summed E-state index contributed by atoms with van der Waals surface area (Å²) in [5.41, 5.74) is -1.07. The third-order valence-corrected chi connectivity index (χ3v) is 0.697. The van der Waals surface area contributed by atoms with Gasteiger partial charge >= 0.3 is 0 Å². The third-order valence-electron chi connectivity index (χ3n) is 0.697. The number of amides is 1. The Morgan fingerprint density at radius 3 is 1.82 bits per heavy atom. The van der Waals surface area contributed by atoms with Crippen LogP contribution >= 0.6 is 0 Å². The molecule has 0 aromatic carbocycles. The number of halogens is 1. The van der Waals surface area contributed by atoms with E-state index in [1.165, 1.54) is 27.3 Å². The predicted molar refractivity (Wildman–Crippen MR) is 39.9 cm³/mol. The van der Waals surface area contributed by atoms with Crippen LogP contribution in [-0.2, 0) is 37.5 Å². The smallest absolute Gasteiger partial charge is 0.0783 e. The summed E-state index contributed by atoms with van der Waals surface area (Å²) in [6, 6.07) is 0. The van der Waals surface area contributed by atoms with Gasteiger partial charge in [-0.25, -0.2) is 4.39 Å². The van der Waals surface area contributed by atoms with Crippen LogP contribution in [0.25, 0.3) is 0 Å². The Hall–Kier alpha value is 0.504. The van der Waals surface area contributed by atoms with Gasteiger partial charge in [-0.2, -0.15) is 6.41 Å². The molecule has 11 heavy (non-hydrogen) atoms. The van der Waals surface area contributed by atoms with Gasteiger partial charge in [0.15, 0.2) is 0 Å². The van der Waals surface area contributed by atoms with Gasteiger partial charge in [-0.1, -0.05) is 0 Å². The largest absolute Gasteiger partial charge is 0.532 e. The Labute approximate surface area is 93.2 Å². The van der Waals surface area contributed by atoms with E-state index in [-0.39, 0.29) is 32.7 Å². The maximum atomic E-state index is 12.1. The van der Waals surface area contributed by atoms with Crippen LogP contribution in [0.3, 0.4) is 0 Å².